The van der Waals surface area contributed by atoms with Crippen molar-refractivity contribution < 1.29 is 41.8 Å². The van der Waals surface area contributed by atoms with Crippen LogP contribution in [0.25, 0.3) is 11.0 Å². The lowest BCUT2D eigenvalue weighted by molar-refractivity contribution is -0.140. The van der Waals surface area contributed by atoms with Crippen LogP contribution in [-0.2, 0) is 31.6 Å². The molecule has 1 saturated heterocycles. The highest BCUT2D eigenvalue weighted by Crippen LogP contribution is 2.47. The minimum atomic E-state index is -4.51. The predicted molar refractivity (Wildman–Crippen MR) is 146 cm³/mol. The number of thioether (sulfide) groups is 2. The first-order chi connectivity index (χ1) is 18.3. The average Bonchev–Trinajstić information content (AvgIpc) is 3.46. The zero-order valence-corrected chi connectivity index (χ0v) is 23.8. The van der Waals surface area contributed by atoms with Crippen molar-refractivity contribution in [1.29, 1.82) is 0 Å². The summed E-state index contributed by atoms with van der Waals surface area (Å²) in [5.41, 5.74) is -1.08. The molecule has 0 spiro atoms. The van der Waals surface area contributed by atoms with E-state index >= 15 is 0 Å². The van der Waals surface area contributed by atoms with Gasteiger partial charge in [-0.3, -0.25) is 32.9 Å². The molecule has 1 aromatic carbocycles. The number of carbonyl (C=O) groups is 2. The van der Waals surface area contributed by atoms with E-state index in [1.54, 1.807) is 17.9 Å². The van der Waals surface area contributed by atoms with Crippen LogP contribution < -0.4 is 19.7 Å². The molecule has 0 aliphatic carbocycles. The summed E-state index contributed by atoms with van der Waals surface area (Å²) in [6.45, 7) is 0.767. The zero-order chi connectivity index (χ0) is 28.6. The van der Waals surface area contributed by atoms with Crippen molar-refractivity contribution in [3.8, 4) is 0 Å². The largest absolute Gasteiger partial charge is 0.480 e. The highest BCUT2D eigenvalue weighted by Gasteiger charge is 2.36. The molecule has 2 N–H and O–H groups in total. The number of hydrogen-bond acceptors (Lipinski definition) is 10. The maximum Gasteiger partial charge on any atom is 0.416 e. The summed E-state index contributed by atoms with van der Waals surface area (Å²) >= 11 is 7.96. The van der Waals surface area contributed by atoms with E-state index in [2.05, 4.69) is 0 Å². The number of nitrogens with zero attached hydrogens (tertiary/aromatic N) is 3. The Kier molecular flexibility index (Phi) is 8.80. The number of aromatic nitrogens is 1. The van der Waals surface area contributed by atoms with Crippen LogP contribution in [0.4, 0.5) is 18.9 Å². The Hall–Kier alpha value is -2.40. The fourth-order valence-corrected chi connectivity index (χ4v) is 7.40. The number of allylic oxidation sites excluding steroid dienone is 1. The molecular formula is C21H17F3N3O7PS4. The molecule has 2 aliphatic rings. The third-order valence-corrected chi connectivity index (χ3v) is 9.53. The molecule has 2 aliphatic heterocycles. The molecule has 10 nitrogen and oxygen atoms in total. The molecule has 1 aromatic heterocycles. The molecule has 4 rings (SSSR count). The number of hydrogen-bond donors (Lipinski definition) is 2. The van der Waals surface area contributed by atoms with Gasteiger partial charge in [0.1, 0.15) is 27.2 Å². The quantitative estimate of drug-likeness (QED) is 0.343. The van der Waals surface area contributed by atoms with Gasteiger partial charge in [0, 0.05) is 11.4 Å². The van der Waals surface area contributed by atoms with Gasteiger partial charge in [0.25, 0.3) is 11.5 Å². The smallest absolute Gasteiger partial charge is 0.416 e. The molecular weight excluding hydrogens is 622 g/mol. The number of rotatable bonds is 7. The van der Waals surface area contributed by atoms with Crippen molar-refractivity contribution in [2.75, 3.05) is 18.0 Å². The van der Waals surface area contributed by atoms with Crippen molar-refractivity contribution >= 4 is 88.2 Å². The highest BCUT2D eigenvalue weighted by molar-refractivity contribution is 8.30. The van der Waals surface area contributed by atoms with E-state index in [4.69, 9.17) is 26.7 Å². The number of thiocarbonyl (C=S) groups is 1. The van der Waals surface area contributed by atoms with Gasteiger partial charge in [-0.2, -0.15) is 13.2 Å². The number of anilines is 1. The van der Waals surface area contributed by atoms with E-state index in [-0.39, 0.29) is 18.4 Å². The van der Waals surface area contributed by atoms with Gasteiger partial charge in [0.2, 0.25) is 0 Å². The lowest BCUT2D eigenvalue weighted by Crippen LogP contribution is -2.35. The van der Waals surface area contributed by atoms with Crippen molar-refractivity contribution in [1.82, 2.24) is 9.47 Å². The third-order valence-electron chi connectivity index (χ3n) is 5.31. The van der Waals surface area contributed by atoms with Gasteiger partial charge in [0.15, 0.2) is 0 Å². The predicted octanol–water partition coefficient (Wildman–Crippen LogP) is 2.59. The van der Waals surface area contributed by atoms with Crippen LogP contribution in [0.3, 0.4) is 0 Å². The van der Waals surface area contributed by atoms with E-state index in [1.807, 2.05) is 0 Å². The van der Waals surface area contributed by atoms with E-state index in [9.17, 15) is 32.1 Å². The standard InChI is InChI=1S/C21H17F3N3O7PS4/c1-2-25-11-7-10(21(22,23)24)3-4-12(11)37-14(25)6-5-13-17(30)27(9-34-35(32)33)19(38-13)16-18(31)26(8-15(28)29)20(36)39-16/h3-7,35H,2,8-9H2,1H3,(H,28,29)(H,32,33)/b13-5+,14-6-,19-16-. The minimum Gasteiger partial charge on any atom is -0.480 e. The van der Waals surface area contributed by atoms with Crippen molar-refractivity contribution in [2.24, 2.45) is 0 Å². The number of carboxylic acid groups (broad SMARTS) is 1. The second kappa shape index (κ2) is 11.6. The topological polar surface area (TPSA) is 129 Å². The van der Waals surface area contributed by atoms with Crippen molar-refractivity contribution in [3.05, 3.63) is 54.4 Å². The van der Waals surface area contributed by atoms with Crippen LogP contribution in [0.5, 0.6) is 0 Å². The van der Waals surface area contributed by atoms with E-state index < -0.39 is 50.7 Å². The normalized spacial score (nSPS) is 19.4. The zero-order valence-electron chi connectivity index (χ0n) is 19.6. The number of carbonyl (C=O) groups excluding carboxylic acids is 1. The van der Waals surface area contributed by atoms with Gasteiger partial charge in [-0.1, -0.05) is 35.7 Å². The monoisotopic (exact) mass is 639 g/mol. The molecule has 1 fully saturated rings. The lowest BCUT2D eigenvalue weighted by atomic mass is 10.2. The molecule has 3 heterocycles. The lowest BCUT2D eigenvalue weighted by Gasteiger charge is -2.18. The summed E-state index contributed by atoms with van der Waals surface area (Å²) in [6.07, 6.45) is -1.53. The second-order valence-electron chi connectivity index (χ2n) is 7.72. The number of aliphatic carboxylic acids is 1. The third kappa shape index (κ3) is 6.19. The van der Waals surface area contributed by atoms with E-state index in [0.717, 1.165) is 44.7 Å². The number of thiazole rings is 1. The van der Waals surface area contributed by atoms with E-state index in [1.165, 1.54) is 23.9 Å². The van der Waals surface area contributed by atoms with E-state index in [0.29, 0.717) is 22.2 Å². The summed E-state index contributed by atoms with van der Waals surface area (Å²) in [7, 11) is -3.44. The van der Waals surface area contributed by atoms with Gasteiger partial charge >= 0.3 is 20.4 Å². The van der Waals surface area contributed by atoms with Gasteiger partial charge in [-0.05, 0) is 37.3 Å². The Morgan fingerprint density at radius 2 is 1.92 bits per heavy atom. The fraction of sp³-hybridized carbons (Fsp3) is 0.238. The first-order valence-electron chi connectivity index (χ1n) is 10.8. The van der Waals surface area contributed by atoms with Crippen LogP contribution in [0.15, 0.2) is 39.0 Å². The highest BCUT2D eigenvalue weighted by atomic mass is 32.2. The van der Waals surface area contributed by atoms with Crippen LogP contribution >= 0.6 is 55.3 Å². The number of benzene rings is 1. The van der Waals surface area contributed by atoms with Crippen LogP contribution in [0.2, 0.25) is 0 Å². The Bertz CT molecular complexity index is 1620. The maximum atomic E-state index is 13.2. The van der Waals surface area contributed by atoms with Crippen molar-refractivity contribution in [3.63, 3.8) is 0 Å². The van der Waals surface area contributed by atoms with Gasteiger partial charge in [0.05, 0.1) is 20.8 Å². The second-order valence-corrected chi connectivity index (χ2v) is 12.3. The molecule has 0 saturated carbocycles. The molecule has 208 valence electrons. The van der Waals surface area contributed by atoms with Crippen LogP contribution in [0.1, 0.15) is 12.5 Å². The SMILES string of the molecule is CCN1/C(=C/C=c2/s/c(=C3\SC(=S)N(CC(=O)O)C3=O)n(CO[PH](=O)O)c2=O)Sc2ccc(C(F)(F)F)cc21. The minimum absolute atomic E-state index is 0.0361. The molecule has 0 radical (unpaired) electrons. The first kappa shape index (κ1) is 29.6. The Labute approximate surface area is 236 Å². The Balaban J connectivity index is 1.80. The molecule has 1 unspecified atom stereocenters. The molecule has 1 atom stereocenters. The van der Waals surface area contributed by atoms with Crippen LogP contribution in [0, 0.1) is 0 Å². The Morgan fingerprint density at radius 3 is 2.54 bits per heavy atom. The summed E-state index contributed by atoms with van der Waals surface area (Å²) in [5, 5.41) is 9.63. The average molecular weight is 640 g/mol. The maximum absolute atomic E-state index is 13.2. The summed E-state index contributed by atoms with van der Waals surface area (Å²) < 4.78 is 56.6. The molecule has 0 bridgehead atoms. The molecule has 2 aromatic rings. The number of alkyl halides is 3. The molecule has 18 heteroatoms. The van der Waals surface area contributed by atoms with Gasteiger partial charge in [-0.15, -0.1) is 11.3 Å². The van der Waals surface area contributed by atoms with Gasteiger partial charge in [-0.25, -0.2) is 0 Å². The summed E-state index contributed by atoms with van der Waals surface area (Å²) in [5.74, 6) is -2.04. The number of amides is 1. The molecule has 1 amide bonds. The Morgan fingerprint density at radius 1 is 1.21 bits per heavy atom. The summed E-state index contributed by atoms with van der Waals surface area (Å²) in [6, 6.07) is 3.43. The number of carboxylic acids is 1. The fourth-order valence-electron chi connectivity index (χ4n) is 3.61. The summed E-state index contributed by atoms with van der Waals surface area (Å²) in [4.78, 5) is 49.4. The van der Waals surface area contributed by atoms with Crippen LogP contribution in [-0.4, -0.2) is 48.8 Å². The van der Waals surface area contributed by atoms with Crippen molar-refractivity contribution in [2.45, 2.75) is 24.7 Å². The number of fused-ring (bicyclic) bond motifs is 1. The number of halogens is 3. The molecule has 39 heavy (non-hydrogen) atoms. The van der Waals surface area contributed by atoms with Gasteiger partial charge < -0.3 is 14.9 Å². The first-order valence-corrected chi connectivity index (χ1v) is 14.9.